The normalized spacial score (nSPS) is 27.7. The lowest BCUT2D eigenvalue weighted by molar-refractivity contribution is 0.0675. The Morgan fingerprint density at radius 1 is 1.25 bits per heavy atom. The molecule has 16 heavy (non-hydrogen) atoms. The van der Waals surface area contributed by atoms with Crippen molar-refractivity contribution in [2.75, 3.05) is 45.9 Å². The third kappa shape index (κ3) is 2.86. The molecule has 1 unspecified atom stereocenters. The molecular formula is C11H21N3O2. The van der Waals surface area contributed by atoms with Gasteiger partial charge in [0, 0.05) is 45.9 Å². The first-order valence-electron chi connectivity index (χ1n) is 6.13. The summed E-state index contributed by atoms with van der Waals surface area (Å²) in [6.07, 6.45) is 1.11. The standard InChI is InChI=1S/C11H21N3O2/c1-10-9-14(5-2-8-16-10)11(15)13-6-3-12-4-7-13/h10,12H,2-9H2,1H3. The maximum Gasteiger partial charge on any atom is 0.320 e. The molecular weight excluding hydrogens is 206 g/mol. The van der Waals surface area contributed by atoms with Gasteiger partial charge in [-0.3, -0.25) is 0 Å². The highest BCUT2D eigenvalue weighted by Gasteiger charge is 2.25. The summed E-state index contributed by atoms with van der Waals surface area (Å²) in [5, 5.41) is 3.26. The Labute approximate surface area is 96.7 Å². The number of hydrogen-bond donors (Lipinski definition) is 1. The molecule has 1 N–H and O–H groups in total. The summed E-state index contributed by atoms with van der Waals surface area (Å²) in [5.74, 6) is 0. The molecule has 0 aliphatic carbocycles. The summed E-state index contributed by atoms with van der Waals surface area (Å²) in [6, 6.07) is 0.179. The van der Waals surface area contributed by atoms with Crippen LogP contribution in [0.25, 0.3) is 0 Å². The number of ether oxygens (including phenoxy) is 1. The molecule has 0 aromatic rings. The first-order chi connectivity index (χ1) is 7.77. The molecule has 1 atom stereocenters. The quantitative estimate of drug-likeness (QED) is 0.639. The zero-order valence-electron chi connectivity index (χ0n) is 9.95. The van der Waals surface area contributed by atoms with E-state index in [-0.39, 0.29) is 12.1 Å². The maximum atomic E-state index is 12.2. The van der Waals surface area contributed by atoms with Crippen molar-refractivity contribution in [2.45, 2.75) is 19.4 Å². The second-order valence-corrected chi connectivity index (χ2v) is 4.50. The van der Waals surface area contributed by atoms with E-state index < -0.39 is 0 Å². The Morgan fingerprint density at radius 2 is 2.00 bits per heavy atom. The minimum atomic E-state index is 0.161. The summed E-state index contributed by atoms with van der Waals surface area (Å²) in [7, 11) is 0. The summed E-state index contributed by atoms with van der Waals surface area (Å²) in [4.78, 5) is 16.1. The molecule has 0 spiro atoms. The second kappa shape index (κ2) is 5.50. The van der Waals surface area contributed by atoms with Gasteiger partial charge in [-0.05, 0) is 13.3 Å². The Balaban J connectivity index is 1.91. The van der Waals surface area contributed by atoms with Crippen molar-refractivity contribution in [1.82, 2.24) is 15.1 Å². The molecule has 2 fully saturated rings. The van der Waals surface area contributed by atoms with Gasteiger partial charge in [-0.1, -0.05) is 0 Å². The highest BCUT2D eigenvalue weighted by molar-refractivity contribution is 5.74. The molecule has 2 aliphatic rings. The number of carbonyl (C=O) groups is 1. The van der Waals surface area contributed by atoms with Crippen LogP contribution in [0.3, 0.4) is 0 Å². The van der Waals surface area contributed by atoms with Crippen molar-refractivity contribution >= 4 is 6.03 Å². The second-order valence-electron chi connectivity index (χ2n) is 4.50. The van der Waals surface area contributed by atoms with Gasteiger partial charge in [0.25, 0.3) is 0 Å². The third-order valence-electron chi connectivity index (χ3n) is 3.11. The van der Waals surface area contributed by atoms with E-state index in [1.165, 1.54) is 0 Å². The lowest BCUT2D eigenvalue weighted by Gasteiger charge is -2.33. The van der Waals surface area contributed by atoms with Crippen LogP contribution in [0.4, 0.5) is 4.79 Å². The van der Waals surface area contributed by atoms with Crippen molar-refractivity contribution in [3.8, 4) is 0 Å². The number of carbonyl (C=O) groups excluding carboxylic acids is 1. The van der Waals surface area contributed by atoms with E-state index in [2.05, 4.69) is 5.32 Å². The van der Waals surface area contributed by atoms with Gasteiger partial charge in [0.05, 0.1) is 6.10 Å². The number of amides is 2. The monoisotopic (exact) mass is 227 g/mol. The van der Waals surface area contributed by atoms with Crippen LogP contribution in [0.1, 0.15) is 13.3 Å². The fraction of sp³-hybridized carbons (Fsp3) is 0.909. The van der Waals surface area contributed by atoms with Gasteiger partial charge in [0.15, 0.2) is 0 Å². The minimum Gasteiger partial charge on any atom is -0.377 e. The van der Waals surface area contributed by atoms with Crippen molar-refractivity contribution < 1.29 is 9.53 Å². The smallest absolute Gasteiger partial charge is 0.320 e. The van der Waals surface area contributed by atoms with E-state index in [9.17, 15) is 4.79 Å². The van der Waals surface area contributed by atoms with Crippen LogP contribution >= 0.6 is 0 Å². The predicted molar refractivity (Wildman–Crippen MR) is 61.4 cm³/mol. The zero-order valence-corrected chi connectivity index (χ0v) is 9.95. The molecule has 0 bridgehead atoms. The number of urea groups is 1. The third-order valence-corrected chi connectivity index (χ3v) is 3.11. The van der Waals surface area contributed by atoms with Crippen LogP contribution in [0.2, 0.25) is 0 Å². The van der Waals surface area contributed by atoms with E-state index in [0.29, 0.717) is 0 Å². The molecule has 0 saturated carbocycles. The predicted octanol–water partition coefficient (Wildman–Crippen LogP) is 0.122. The van der Waals surface area contributed by atoms with Gasteiger partial charge in [-0.25, -0.2) is 4.79 Å². The van der Waals surface area contributed by atoms with Gasteiger partial charge in [0.2, 0.25) is 0 Å². The first-order valence-corrected chi connectivity index (χ1v) is 6.13. The molecule has 2 heterocycles. The Bertz CT molecular complexity index is 241. The molecule has 2 saturated heterocycles. The van der Waals surface area contributed by atoms with Gasteiger partial charge in [0.1, 0.15) is 0 Å². The molecule has 2 rings (SSSR count). The van der Waals surface area contributed by atoms with Crippen molar-refractivity contribution in [2.24, 2.45) is 0 Å². The molecule has 0 aromatic carbocycles. The van der Waals surface area contributed by atoms with Crippen LogP contribution in [0, 0.1) is 0 Å². The molecule has 5 nitrogen and oxygen atoms in total. The summed E-state index contributed by atoms with van der Waals surface area (Å²) < 4.78 is 5.55. The molecule has 2 aliphatic heterocycles. The van der Waals surface area contributed by atoms with Crippen LogP contribution in [-0.4, -0.2) is 67.8 Å². The van der Waals surface area contributed by atoms with Gasteiger partial charge >= 0.3 is 6.03 Å². The van der Waals surface area contributed by atoms with E-state index in [4.69, 9.17) is 4.74 Å². The van der Waals surface area contributed by atoms with E-state index in [1.54, 1.807) is 0 Å². The Morgan fingerprint density at radius 3 is 2.75 bits per heavy atom. The summed E-state index contributed by atoms with van der Waals surface area (Å²) >= 11 is 0. The zero-order chi connectivity index (χ0) is 11.4. The summed E-state index contributed by atoms with van der Waals surface area (Å²) in [6.45, 7) is 7.82. The highest BCUT2D eigenvalue weighted by Crippen LogP contribution is 2.09. The molecule has 5 heteroatoms. The fourth-order valence-corrected chi connectivity index (χ4v) is 2.22. The topological polar surface area (TPSA) is 44.8 Å². The molecule has 2 amide bonds. The average Bonchev–Trinajstić information content (AvgIpc) is 2.54. The van der Waals surface area contributed by atoms with E-state index >= 15 is 0 Å². The fourth-order valence-electron chi connectivity index (χ4n) is 2.22. The van der Waals surface area contributed by atoms with Crippen molar-refractivity contribution in [3.05, 3.63) is 0 Å². The van der Waals surface area contributed by atoms with Crippen LogP contribution in [0.15, 0.2) is 0 Å². The molecule has 0 aromatic heterocycles. The van der Waals surface area contributed by atoms with Gasteiger partial charge in [-0.15, -0.1) is 0 Å². The average molecular weight is 227 g/mol. The van der Waals surface area contributed by atoms with Gasteiger partial charge < -0.3 is 19.9 Å². The van der Waals surface area contributed by atoms with Crippen molar-refractivity contribution in [1.29, 1.82) is 0 Å². The van der Waals surface area contributed by atoms with E-state index in [1.807, 2.05) is 16.7 Å². The van der Waals surface area contributed by atoms with Gasteiger partial charge in [-0.2, -0.15) is 0 Å². The first kappa shape index (κ1) is 11.7. The number of piperazine rings is 1. The SMILES string of the molecule is CC1CN(C(=O)N2CCNCC2)CCCO1. The van der Waals surface area contributed by atoms with Crippen LogP contribution < -0.4 is 5.32 Å². The number of nitrogens with one attached hydrogen (secondary N) is 1. The van der Waals surface area contributed by atoms with Crippen LogP contribution in [-0.2, 0) is 4.74 Å². The highest BCUT2D eigenvalue weighted by atomic mass is 16.5. The lowest BCUT2D eigenvalue weighted by Crippen LogP contribution is -2.52. The molecule has 0 radical (unpaired) electrons. The van der Waals surface area contributed by atoms with E-state index in [0.717, 1.165) is 52.3 Å². The summed E-state index contributed by atoms with van der Waals surface area (Å²) in [5.41, 5.74) is 0. The van der Waals surface area contributed by atoms with Crippen LogP contribution in [0.5, 0.6) is 0 Å². The largest absolute Gasteiger partial charge is 0.377 e. The Kier molecular flexibility index (Phi) is 4.01. The maximum absolute atomic E-state index is 12.2. The number of rotatable bonds is 0. The minimum absolute atomic E-state index is 0.161. The number of nitrogens with zero attached hydrogens (tertiary/aromatic N) is 2. The lowest BCUT2D eigenvalue weighted by atomic mass is 10.3. The molecule has 92 valence electrons. The number of hydrogen-bond acceptors (Lipinski definition) is 3. The Hall–Kier alpha value is -0.810. The van der Waals surface area contributed by atoms with Crippen molar-refractivity contribution in [3.63, 3.8) is 0 Å².